The van der Waals surface area contributed by atoms with E-state index in [1.165, 1.54) is 11.1 Å². The Morgan fingerprint density at radius 2 is 2.26 bits per heavy atom. The average Bonchev–Trinajstić information content (AvgIpc) is 2.86. The molecule has 0 fully saturated rings. The van der Waals surface area contributed by atoms with Gasteiger partial charge in [-0.05, 0) is 43.0 Å². The van der Waals surface area contributed by atoms with Crippen molar-refractivity contribution in [1.82, 2.24) is 20.1 Å². The highest BCUT2D eigenvalue weighted by atomic mass is 15.2. The monoisotopic (exact) mass is 258 g/mol. The second-order valence-corrected chi connectivity index (χ2v) is 4.85. The number of pyridine rings is 1. The first-order valence-electron chi connectivity index (χ1n) is 6.90. The van der Waals surface area contributed by atoms with Gasteiger partial charge in [-0.3, -0.25) is 9.67 Å². The lowest BCUT2D eigenvalue weighted by atomic mass is 10.0. The minimum atomic E-state index is 0.369. The van der Waals surface area contributed by atoms with Crippen molar-refractivity contribution in [2.24, 2.45) is 7.05 Å². The highest BCUT2D eigenvalue weighted by Crippen LogP contribution is 2.18. The third-order valence-corrected chi connectivity index (χ3v) is 3.21. The zero-order valence-corrected chi connectivity index (χ0v) is 11.7. The largest absolute Gasteiger partial charge is 0.310 e. The van der Waals surface area contributed by atoms with Gasteiger partial charge in [0.1, 0.15) is 0 Å². The van der Waals surface area contributed by atoms with Gasteiger partial charge < -0.3 is 5.32 Å². The van der Waals surface area contributed by atoms with E-state index < -0.39 is 0 Å². The summed E-state index contributed by atoms with van der Waals surface area (Å²) in [5, 5.41) is 7.81. The zero-order chi connectivity index (χ0) is 13.5. The predicted octanol–water partition coefficient (Wildman–Crippen LogP) is 2.49. The molecule has 1 unspecified atom stereocenters. The lowest BCUT2D eigenvalue weighted by Gasteiger charge is -2.18. The van der Waals surface area contributed by atoms with E-state index in [-0.39, 0.29) is 0 Å². The average molecular weight is 258 g/mol. The Labute approximate surface area is 114 Å². The van der Waals surface area contributed by atoms with Gasteiger partial charge >= 0.3 is 0 Å². The van der Waals surface area contributed by atoms with Crippen LogP contribution in [0.1, 0.15) is 36.9 Å². The van der Waals surface area contributed by atoms with E-state index in [4.69, 9.17) is 0 Å². The van der Waals surface area contributed by atoms with Crippen LogP contribution in [0, 0.1) is 0 Å². The maximum atomic E-state index is 4.22. The zero-order valence-electron chi connectivity index (χ0n) is 11.7. The summed E-state index contributed by atoms with van der Waals surface area (Å²) in [6.45, 7) is 3.22. The van der Waals surface area contributed by atoms with Crippen molar-refractivity contribution in [3.05, 3.63) is 48.0 Å². The van der Waals surface area contributed by atoms with Gasteiger partial charge in [0.2, 0.25) is 0 Å². The second-order valence-electron chi connectivity index (χ2n) is 4.85. The van der Waals surface area contributed by atoms with Crippen LogP contribution >= 0.6 is 0 Å². The van der Waals surface area contributed by atoms with Crippen molar-refractivity contribution < 1.29 is 0 Å². The first-order chi connectivity index (χ1) is 9.29. The molecule has 0 bridgehead atoms. The Morgan fingerprint density at radius 1 is 1.37 bits per heavy atom. The Kier molecular flexibility index (Phi) is 5.10. The molecule has 0 radical (unpaired) electrons. The van der Waals surface area contributed by atoms with Gasteiger partial charge in [0, 0.05) is 31.7 Å². The fraction of sp³-hybridized carbons (Fsp3) is 0.467. The first kappa shape index (κ1) is 13.7. The Balaban J connectivity index is 1.97. The van der Waals surface area contributed by atoms with E-state index >= 15 is 0 Å². The first-order valence-corrected chi connectivity index (χ1v) is 6.90. The van der Waals surface area contributed by atoms with E-state index in [0.29, 0.717) is 6.04 Å². The molecule has 0 spiro atoms. The van der Waals surface area contributed by atoms with E-state index in [9.17, 15) is 0 Å². The van der Waals surface area contributed by atoms with Crippen molar-refractivity contribution in [2.45, 2.75) is 32.2 Å². The molecule has 0 amide bonds. The number of aryl methyl sites for hydroxylation is 2. The van der Waals surface area contributed by atoms with E-state index in [1.54, 1.807) is 0 Å². The normalized spacial score (nSPS) is 12.5. The van der Waals surface area contributed by atoms with Crippen LogP contribution in [-0.4, -0.2) is 21.3 Å². The van der Waals surface area contributed by atoms with E-state index in [0.717, 1.165) is 25.8 Å². The Hall–Kier alpha value is -1.68. The quantitative estimate of drug-likeness (QED) is 0.829. The smallest absolute Gasteiger partial charge is 0.0521 e. The van der Waals surface area contributed by atoms with Crippen LogP contribution < -0.4 is 5.32 Å². The molecule has 4 nitrogen and oxygen atoms in total. The van der Waals surface area contributed by atoms with Crippen LogP contribution in [0.5, 0.6) is 0 Å². The maximum absolute atomic E-state index is 4.22. The van der Waals surface area contributed by atoms with Gasteiger partial charge in [-0.15, -0.1) is 0 Å². The molecule has 0 saturated heterocycles. The molecule has 0 saturated carbocycles. The van der Waals surface area contributed by atoms with Crippen molar-refractivity contribution >= 4 is 0 Å². The maximum Gasteiger partial charge on any atom is 0.0521 e. The Bertz CT molecular complexity index is 478. The summed E-state index contributed by atoms with van der Waals surface area (Å²) < 4.78 is 1.86. The van der Waals surface area contributed by atoms with Gasteiger partial charge in [0.15, 0.2) is 0 Å². The highest BCUT2D eigenvalue weighted by Gasteiger charge is 2.11. The minimum absolute atomic E-state index is 0.369. The van der Waals surface area contributed by atoms with Crippen LogP contribution in [-0.2, 0) is 13.5 Å². The number of aromatic nitrogens is 3. The van der Waals surface area contributed by atoms with Crippen molar-refractivity contribution in [2.75, 3.05) is 6.54 Å². The van der Waals surface area contributed by atoms with Crippen molar-refractivity contribution in [3.8, 4) is 0 Å². The lowest BCUT2D eigenvalue weighted by molar-refractivity contribution is 0.498. The second kappa shape index (κ2) is 7.04. The topological polar surface area (TPSA) is 42.7 Å². The van der Waals surface area contributed by atoms with E-state index in [1.807, 2.05) is 36.4 Å². The minimum Gasteiger partial charge on any atom is -0.310 e. The summed E-state index contributed by atoms with van der Waals surface area (Å²) in [6, 6.07) is 4.51. The third kappa shape index (κ3) is 4.17. The SMILES string of the molecule is CCCNC(CCc1cnn(C)c1)c1cccnc1. The summed E-state index contributed by atoms with van der Waals surface area (Å²) >= 11 is 0. The predicted molar refractivity (Wildman–Crippen MR) is 76.8 cm³/mol. The summed E-state index contributed by atoms with van der Waals surface area (Å²) in [5.41, 5.74) is 2.55. The molecule has 2 aromatic rings. The molecule has 0 aliphatic carbocycles. The van der Waals surface area contributed by atoms with Crippen LogP contribution in [0.4, 0.5) is 0 Å². The number of hydrogen-bond donors (Lipinski definition) is 1. The molecule has 2 heterocycles. The molecule has 19 heavy (non-hydrogen) atoms. The van der Waals surface area contributed by atoms with Crippen LogP contribution in [0.15, 0.2) is 36.9 Å². The summed E-state index contributed by atoms with van der Waals surface area (Å²) in [6.07, 6.45) is 11.0. The number of nitrogens with one attached hydrogen (secondary N) is 1. The molecule has 1 atom stereocenters. The number of nitrogens with zero attached hydrogens (tertiary/aromatic N) is 3. The molecular weight excluding hydrogens is 236 g/mol. The molecule has 2 aromatic heterocycles. The number of hydrogen-bond acceptors (Lipinski definition) is 3. The molecule has 0 aliphatic rings. The van der Waals surface area contributed by atoms with Crippen molar-refractivity contribution in [1.29, 1.82) is 0 Å². The summed E-state index contributed by atoms with van der Waals surface area (Å²) in [4.78, 5) is 4.22. The fourth-order valence-corrected chi connectivity index (χ4v) is 2.20. The third-order valence-electron chi connectivity index (χ3n) is 3.21. The molecule has 2 rings (SSSR count). The van der Waals surface area contributed by atoms with Crippen LogP contribution in [0.3, 0.4) is 0 Å². The van der Waals surface area contributed by atoms with Gasteiger partial charge in [0.25, 0.3) is 0 Å². The van der Waals surface area contributed by atoms with Gasteiger partial charge in [-0.1, -0.05) is 13.0 Å². The van der Waals surface area contributed by atoms with Gasteiger partial charge in [-0.25, -0.2) is 0 Å². The molecule has 0 aliphatic heterocycles. The van der Waals surface area contributed by atoms with Gasteiger partial charge in [-0.2, -0.15) is 5.10 Å². The molecule has 4 heteroatoms. The standard InChI is InChI=1S/C15H22N4/c1-3-8-17-15(14-5-4-9-16-11-14)7-6-13-10-18-19(2)12-13/h4-5,9-12,15,17H,3,6-8H2,1-2H3. The molecular formula is C15H22N4. The fourth-order valence-electron chi connectivity index (χ4n) is 2.20. The Morgan fingerprint density at radius 3 is 2.89 bits per heavy atom. The van der Waals surface area contributed by atoms with E-state index in [2.05, 4.69) is 34.6 Å². The summed E-state index contributed by atoms with van der Waals surface area (Å²) in [5.74, 6) is 0. The lowest BCUT2D eigenvalue weighted by Crippen LogP contribution is -2.22. The van der Waals surface area contributed by atoms with Crippen LogP contribution in [0.25, 0.3) is 0 Å². The van der Waals surface area contributed by atoms with Crippen molar-refractivity contribution in [3.63, 3.8) is 0 Å². The van der Waals surface area contributed by atoms with Crippen LogP contribution in [0.2, 0.25) is 0 Å². The number of rotatable bonds is 7. The van der Waals surface area contributed by atoms with Gasteiger partial charge in [0.05, 0.1) is 6.20 Å². The molecule has 102 valence electrons. The molecule has 0 aromatic carbocycles. The highest BCUT2D eigenvalue weighted by molar-refractivity contribution is 5.15. The summed E-state index contributed by atoms with van der Waals surface area (Å²) in [7, 11) is 1.96. The molecule has 1 N–H and O–H groups in total.